The van der Waals surface area contributed by atoms with E-state index in [0.29, 0.717) is 4.90 Å². The summed E-state index contributed by atoms with van der Waals surface area (Å²) in [6.45, 7) is 7.35. The van der Waals surface area contributed by atoms with Crippen LogP contribution in [-0.4, -0.2) is 52.3 Å². The fourth-order valence-corrected chi connectivity index (χ4v) is 3.10. The van der Waals surface area contributed by atoms with Crippen molar-refractivity contribution in [3.05, 3.63) is 29.3 Å². The molecule has 1 N–H and O–H groups in total. The number of hydrogen-bond acceptors (Lipinski definition) is 4. The van der Waals surface area contributed by atoms with E-state index in [1.165, 1.54) is 11.8 Å². The first kappa shape index (κ1) is 14.5. The van der Waals surface area contributed by atoms with Crippen LogP contribution in [0, 0.1) is 6.92 Å². The van der Waals surface area contributed by atoms with Gasteiger partial charge in [0.1, 0.15) is 0 Å². The van der Waals surface area contributed by atoms with Crippen LogP contribution in [0.1, 0.15) is 11.1 Å². The maximum atomic E-state index is 11.5. The first-order valence-electron chi connectivity index (χ1n) is 6.69. The van der Waals surface area contributed by atoms with E-state index >= 15 is 0 Å². The Kier molecular flexibility index (Phi) is 4.60. The molecule has 1 fully saturated rings. The number of aryl methyl sites for hydroxylation is 1. The van der Waals surface area contributed by atoms with Crippen LogP contribution < -0.4 is 5.32 Å². The van der Waals surface area contributed by atoms with Gasteiger partial charge in [0, 0.05) is 39.0 Å². The van der Waals surface area contributed by atoms with Crippen molar-refractivity contribution < 1.29 is 8.42 Å². The standard InChI is InChI=1S/C14H22N2O2S/c1-12-11-14(19(2,17)18)4-3-13(12)5-8-16-9-6-15-7-10-16/h3-4,11,15H,5-10H2,1-2H3. The number of benzene rings is 1. The minimum absolute atomic E-state index is 0.413. The molecule has 1 aliphatic heterocycles. The molecule has 19 heavy (non-hydrogen) atoms. The van der Waals surface area contributed by atoms with E-state index in [1.54, 1.807) is 12.1 Å². The highest BCUT2D eigenvalue weighted by Gasteiger charge is 2.12. The highest BCUT2D eigenvalue weighted by Crippen LogP contribution is 2.16. The summed E-state index contributed by atoms with van der Waals surface area (Å²) in [6, 6.07) is 5.45. The van der Waals surface area contributed by atoms with Crippen molar-refractivity contribution in [1.29, 1.82) is 0 Å². The van der Waals surface area contributed by atoms with E-state index in [9.17, 15) is 8.42 Å². The molecule has 1 heterocycles. The van der Waals surface area contributed by atoms with Crippen molar-refractivity contribution in [3.63, 3.8) is 0 Å². The van der Waals surface area contributed by atoms with Crippen LogP contribution in [0.5, 0.6) is 0 Å². The molecule has 0 amide bonds. The third kappa shape index (κ3) is 4.03. The smallest absolute Gasteiger partial charge is 0.175 e. The summed E-state index contributed by atoms with van der Waals surface area (Å²) in [5, 5.41) is 3.34. The van der Waals surface area contributed by atoms with Crippen LogP contribution in [0.15, 0.2) is 23.1 Å². The van der Waals surface area contributed by atoms with E-state index in [4.69, 9.17) is 0 Å². The summed E-state index contributed by atoms with van der Waals surface area (Å²) >= 11 is 0. The molecule has 0 atom stereocenters. The Balaban J connectivity index is 2.01. The lowest BCUT2D eigenvalue weighted by Crippen LogP contribution is -2.44. The zero-order chi connectivity index (χ0) is 13.9. The van der Waals surface area contributed by atoms with Gasteiger partial charge in [0.25, 0.3) is 0 Å². The fraction of sp³-hybridized carbons (Fsp3) is 0.571. The second-order valence-corrected chi connectivity index (χ2v) is 7.22. The van der Waals surface area contributed by atoms with Crippen LogP contribution in [0.25, 0.3) is 0 Å². The molecule has 2 rings (SSSR count). The number of nitrogens with one attached hydrogen (secondary N) is 1. The molecule has 1 aromatic carbocycles. The molecule has 1 saturated heterocycles. The maximum absolute atomic E-state index is 11.5. The molecule has 1 aliphatic rings. The lowest BCUT2D eigenvalue weighted by atomic mass is 10.1. The second kappa shape index (κ2) is 6.03. The van der Waals surface area contributed by atoms with Gasteiger partial charge >= 0.3 is 0 Å². The van der Waals surface area contributed by atoms with Gasteiger partial charge in [-0.25, -0.2) is 8.42 Å². The van der Waals surface area contributed by atoms with Crippen molar-refractivity contribution in [3.8, 4) is 0 Å². The minimum atomic E-state index is -3.10. The predicted molar refractivity (Wildman–Crippen MR) is 77.3 cm³/mol. The Morgan fingerprint density at radius 1 is 1.26 bits per heavy atom. The highest BCUT2D eigenvalue weighted by atomic mass is 32.2. The van der Waals surface area contributed by atoms with Gasteiger partial charge in [-0.3, -0.25) is 0 Å². The van der Waals surface area contributed by atoms with Crippen LogP contribution in [-0.2, 0) is 16.3 Å². The lowest BCUT2D eigenvalue weighted by molar-refractivity contribution is 0.244. The van der Waals surface area contributed by atoms with Gasteiger partial charge in [0.2, 0.25) is 0 Å². The Bertz CT molecular complexity index is 534. The SMILES string of the molecule is Cc1cc(S(C)(=O)=O)ccc1CCN1CCNCC1. The third-order valence-corrected chi connectivity index (χ3v) is 4.76. The summed E-state index contributed by atoms with van der Waals surface area (Å²) in [5.41, 5.74) is 2.31. The van der Waals surface area contributed by atoms with Crippen LogP contribution in [0.4, 0.5) is 0 Å². The third-order valence-electron chi connectivity index (χ3n) is 3.65. The van der Waals surface area contributed by atoms with Crippen molar-refractivity contribution in [2.75, 3.05) is 39.0 Å². The quantitative estimate of drug-likeness (QED) is 0.889. The lowest BCUT2D eigenvalue weighted by Gasteiger charge is -2.27. The van der Waals surface area contributed by atoms with Crippen LogP contribution in [0.2, 0.25) is 0 Å². The van der Waals surface area contributed by atoms with Gasteiger partial charge < -0.3 is 10.2 Å². The summed E-state index contributed by atoms with van der Waals surface area (Å²) < 4.78 is 23.0. The summed E-state index contributed by atoms with van der Waals surface area (Å²) in [4.78, 5) is 2.86. The van der Waals surface area contributed by atoms with Crippen molar-refractivity contribution >= 4 is 9.84 Å². The molecule has 0 aliphatic carbocycles. The maximum Gasteiger partial charge on any atom is 0.175 e. The highest BCUT2D eigenvalue weighted by molar-refractivity contribution is 7.90. The topological polar surface area (TPSA) is 49.4 Å². The van der Waals surface area contributed by atoms with Crippen molar-refractivity contribution in [1.82, 2.24) is 10.2 Å². The van der Waals surface area contributed by atoms with E-state index in [2.05, 4.69) is 10.2 Å². The molecule has 5 heteroatoms. The van der Waals surface area contributed by atoms with Crippen LogP contribution >= 0.6 is 0 Å². The Labute approximate surface area is 115 Å². The summed E-state index contributed by atoms with van der Waals surface area (Å²) in [5.74, 6) is 0. The summed E-state index contributed by atoms with van der Waals surface area (Å²) in [6.07, 6.45) is 2.23. The molecule has 1 aromatic rings. The van der Waals surface area contributed by atoms with E-state index in [-0.39, 0.29) is 0 Å². The van der Waals surface area contributed by atoms with Gasteiger partial charge in [0.05, 0.1) is 4.90 Å². The second-order valence-electron chi connectivity index (χ2n) is 5.20. The molecular formula is C14H22N2O2S. The first-order chi connectivity index (χ1) is 8.97. The predicted octanol–water partition coefficient (Wildman–Crippen LogP) is 0.846. The number of hydrogen-bond donors (Lipinski definition) is 1. The number of nitrogens with zero attached hydrogens (tertiary/aromatic N) is 1. The van der Waals surface area contributed by atoms with Crippen LogP contribution in [0.3, 0.4) is 0 Å². The average molecular weight is 282 g/mol. The summed E-state index contributed by atoms with van der Waals surface area (Å²) in [7, 11) is -3.10. The monoisotopic (exact) mass is 282 g/mol. The molecule has 0 spiro atoms. The van der Waals surface area contributed by atoms with E-state index in [0.717, 1.165) is 44.7 Å². The zero-order valence-corrected chi connectivity index (χ0v) is 12.5. The Morgan fingerprint density at radius 2 is 1.95 bits per heavy atom. The minimum Gasteiger partial charge on any atom is -0.314 e. The largest absolute Gasteiger partial charge is 0.314 e. The Morgan fingerprint density at radius 3 is 2.53 bits per heavy atom. The molecule has 0 unspecified atom stereocenters. The number of sulfone groups is 1. The number of piperazine rings is 1. The normalized spacial score (nSPS) is 17.6. The molecule has 0 aromatic heterocycles. The molecular weight excluding hydrogens is 260 g/mol. The molecule has 0 bridgehead atoms. The molecule has 106 valence electrons. The fourth-order valence-electron chi connectivity index (χ4n) is 2.39. The molecule has 0 saturated carbocycles. The number of rotatable bonds is 4. The first-order valence-corrected chi connectivity index (χ1v) is 8.58. The van der Waals surface area contributed by atoms with Crippen molar-refractivity contribution in [2.24, 2.45) is 0 Å². The van der Waals surface area contributed by atoms with Crippen molar-refractivity contribution in [2.45, 2.75) is 18.2 Å². The average Bonchev–Trinajstić information content (AvgIpc) is 2.37. The van der Waals surface area contributed by atoms with E-state index in [1.807, 2.05) is 13.0 Å². The zero-order valence-electron chi connectivity index (χ0n) is 11.6. The van der Waals surface area contributed by atoms with Gasteiger partial charge in [-0.2, -0.15) is 0 Å². The van der Waals surface area contributed by atoms with E-state index < -0.39 is 9.84 Å². The van der Waals surface area contributed by atoms with Gasteiger partial charge in [0.15, 0.2) is 9.84 Å². The van der Waals surface area contributed by atoms with Gasteiger partial charge in [-0.15, -0.1) is 0 Å². The molecule has 0 radical (unpaired) electrons. The van der Waals surface area contributed by atoms with Gasteiger partial charge in [-0.05, 0) is 36.6 Å². The molecule has 4 nitrogen and oxygen atoms in total. The Hall–Kier alpha value is -0.910. The van der Waals surface area contributed by atoms with Gasteiger partial charge in [-0.1, -0.05) is 6.07 Å².